The van der Waals surface area contributed by atoms with Crippen molar-refractivity contribution in [2.24, 2.45) is 17.3 Å². The first kappa shape index (κ1) is 28.3. The van der Waals surface area contributed by atoms with Gasteiger partial charge in [-0.05, 0) is 107 Å². The van der Waals surface area contributed by atoms with Crippen LogP contribution in [0.4, 0.5) is 5.82 Å². The van der Waals surface area contributed by atoms with Gasteiger partial charge in [0.25, 0.3) is 5.91 Å². The molecule has 6 rings (SSSR count). The molecule has 0 aromatic carbocycles. The second kappa shape index (κ2) is 11.8. The number of rotatable bonds is 12. The van der Waals surface area contributed by atoms with E-state index >= 15 is 0 Å². The molecule has 3 aromatic heterocycles. The van der Waals surface area contributed by atoms with Gasteiger partial charge >= 0.3 is 0 Å². The van der Waals surface area contributed by atoms with Crippen LogP contribution in [0.2, 0.25) is 5.15 Å². The predicted molar refractivity (Wildman–Crippen MR) is 162 cm³/mol. The lowest BCUT2D eigenvalue weighted by atomic mass is 9.71. The molecule has 9 nitrogen and oxygen atoms in total. The van der Waals surface area contributed by atoms with Crippen molar-refractivity contribution in [1.82, 2.24) is 29.8 Å². The summed E-state index contributed by atoms with van der Waals surface area (Å²) < 4.78 is 10.4. The summed E-state index contributed by atoms with van der Waals surface area (Å²) >= 11 is 7.55. The molecular weight excluding hydrogens is 558 g/mol. The smallest absolute Gasteiger partial charge is 0.264 e. The Hall–Kier alpha value is -2.82. The van der Waals surface area contributed by atoms with Crippen molar-refractivity contribution in [2.75, 3.05) is 25.0 Å². The average molecular weight is 596 g/mol. The van der Waals surface area contributed by atoms with Crippen LogP contribution in [0.3, 0.4) is 0 Å². The van der Waals surface area contributed by atoms with Crippen LogP contribution in [-0.4, -0.2) is 50.9 Å². The first-order valence-electron chi connectivity index (χ1n) is 14.6. The molecule has 2 aliphatic carbocycles. The molecule has 3 fully saturated rings. The quantitative estimate of drug-likeness (QED) is 0.135. The fraction of sp³-hybridized carbons (Fsp3) is 0.533. The lowest BCUT2D eigenvalue weighted by Gasteiger charge is -2.36. The molecular formula is C30H38ClN7O2S. The second-order valence-electron chi connectivity index (χ2n) is 12.3. The number of ether oxygens (including phenoxy) is 1. The normalized spacial score (nSPS) is 21.8. The average Bonchev–Trinajstić information content (AvgIpc) is 3.54. The van der Waals surface area contributed by atoms with Crippen molar-refractivity contribution >= 4 is 35.3 Å². The van der Waals surface area contributed by atoms with Gasteiger partial charge in [0.15, 0.2) is 5.82 Å². The third-order valence-electron chi connectivity index (χ3n) is 8.79. The SMILES string of the molecule is CC1(C)CC(CCCNc2cccc(SNC(=O)c3ccc(-n4ccc(OCC5CCC56CC6)n4)nc3Cl)n2)CN1. The Labute approximate surface area is 250 Å². The number of carbonyl (C=O) groups is 1. The van der Waals surface area contributed by atoms with Crippen LogP contribution in [0.25, 0.3) is 5.82 Å². The minimum atomic E-state index is -0.341. The van der Waals surface area contributed by atoms with Gasteiger partial charge in [0.2, 0.25) is 5.88 Å². The Balaban J connectivity index is 0.964. The lowest BCUT2D eigenvalue weighted by Crippen LogP contribution is -2.32. The van der Waals surface area contributed by atoms with Crippen molar-refractivity contribution in [3.8, 4) is 11.7 Å². The number of amides is 1. The summed E-state index contributed by atoms with van der Waals surface area (Å²) in [6.07, 6.45) is 10.6. The predicted octanol–water partition coefficient (Wildman–Crippen LogP) is 5.90. The number of nitrogens with zero attached hydrogens (tertiary/aromatic N) is 4. The van der Waals surface area contributed by atoms with Crippen LogP contribution in [-0.2, 0) is 0 Å². The third-order valence-corrected chi connectivity index (χ3v) is 9.81. The van der Waals surface area contributed by atoms with Crippen molar-refractivity contribution < 1.29 is 9.53 Å². The number of anilines is 1. The fourth-order valence-corrected chi connectivity index (χ4v) is 6.91. The maximum atomic E-state index is 12.9. The zero-order valence-electron chi connectivity index (χ0n) is 23.7. The number of halogens is 1. The molecule has 41 heavy (non-hydrogen) atoms. The van der Waals surface area contributed by atoms with E-state index in [1.165, 1.54) is 38.5 Å². The maximum absolute atomic E-state index is 12.9. The number of hydrogen-bond acceptors (Lipinski definition) is 8. The van der Waals surface area contributed by atoms with Crippen LogP contribution in [0.15, 0.2) is 47.6 Å². The molecule has 218 valence electrons. The fourth-order valence-electron chi connectivity index (χ4n) is 6.08. The number of nitrogens with one attached hydrogen (secondary N) is 3. The summed E-state index contributed by atoms with van der Waals surface area (Å²) in [6, 6.07) is 10.9. The van der Waals surface area contributed by atoms with Gasteiger partial charge in [-0.1, -0.05) is 17.7 Å². The van der Waals surface area contributed by atoms with Gasteiger partial charge in [-0.2, -0.15) is 0 Å². The van der Waals surface area contributed by atoms with Crippen molar-refractivity contribution in [1.29, 1.82) is 0 Å². The summed E-state index contributed by atoms with van der Waals surface area (Å²) in [4.78, 5) is 21.9. The Kier molecular flexibility index (Phi) is 8.16. The van der Waals surface area contributed by atoms with E-state index in [0.717, 1.165) is 43.2 Å². The molecule has 2 atom stereocenters. The van der Waals surface area contributed by atoms with E-state index in [0.29, 0.717) is 34.7 Å². The first-order valence-corrected chi connectivity index (χ1v) is 15.8. The number of pyridine rings is 2. The third kappa shape index (κ3) is 6.81. The lowest BCUT2D eigenvalue weighted by molar-refractivity contribution is 0.0815. The van der Waals surface area contributed by atoms with E-state index in [1.54, 1.807) is 23.0 Å². The minimum Gasteiger partial charge on any atom is -0.476 e. The highest BCUT2D eigenvalue weighted by molar-refractivity contribution is 7.97. The molecule has 11 heteroatoms. The van der Waals surface area contributed by atoms with Crippen molar-refractivity contribution in [3.05, 3.63) is 53.3 Å². The summed E-state index contributed by atoms with van der Waals surface area (Å²) in [6.45, 7) is 7.21. The summed E-state index contributed by atoms with van der Waals surface area (Å²) in [5, 5.41) is 12.3. The van der Waals surface area contributed by atoms with E-state index in [1.807, 2.05) is 24.3 Å². The highest BCUT2D eigenvalue weighted by Crippen LogP contribution is 2.64. The highest BCUT2D eigenvalue weighted by Gasteiger charge is 2.55. The number of carbonyl (C=O) groups excluding carboxylic acids is 1. The Bertz CT molecular complexity index is 1390. The van der Waals surface area contributed by atoms with Gasteiger partial charge in [0.1, 0.15) is 16.0 Å². The Morgan fingerprint density at radius 2 is 2.07 bits per heavy atom. The second-order valence-corrected chi connectivity index (χ2v) is 13.5. The van der Waals surface area contributed by atoms with Crippen molar-refractivity contribution in [3.63, 3.8) is 0 Å². The summed E-state index contributed by atoms with van der Waals surface area (Å²) in [5.74, 6) is 2.93. The van der Waals surface area contributed by atoms with Gasteiger partial charge in [0.05, 0.1) is 12.2 Å². The Morgan fingerprint density at radius 3 is 2.80 bits per heavy atom. The molecule has 1 amide bonds. The largest absolute Gasteiger partial charge is 0.476 e. The van der Waals surface area contributed by atoms with Crippen LogP contribution in [0.5, 0.6) is 5.88 Å². The number of aromatic nitrogens is 4. The van der Waals surface area contributed by atoms with E-state index in [9.17, 15) is 4.79 Å². The van der Waals surface area contributed by atoms with Gasteiger partial charge in [-0.15, -0.1) is 5.10 Å². The van der Waals surface area contributed by atoms with E-state index < -0.39 is 0 Å². The molecule has 1 spiro atoms. The molecule has 2 saturated carbocycles. The number of hydrogen-bond donors (Lipinski definition) is 3. The monoisotopic (exact) mass is 595 g/mol. The topological polar surface area (TPSA) is 106 Å². The standard InChI is InChI=1S/C30H38ClN7O2S/c1-29(2)17-20(18-33-29)5-4-15-32-23-6-3-7-26(34-23)41-37-28(39)22-8-9-24(35-27(22)31)38-16-11-25(36-38)40-19-21-10-12-30(21)13-14-30/h3,6-9,11,16,20-21,33H,4-5,10,12-15,17-19H2,1-2H3,(H,32,34)(H,37,39). The highest BCUT2D eigenvalue weighted by atomic mass is 35.5. The molecule has 3 N–H and O–H groups in total. The van der Waals surface area contributed by atoms with Gasteiger partial charge in [-0.3, -0.25) is 9.52 Å². The zero-order chi connectivity index (χ0) is 28.5. The van der Waals surface area contributed by atoms with E-state index in [2.05, 4.69) is 44.3 Å². The van der Waals surface area contributed by atoms with Gasteiger partial charge < -0.3 is 15.4 Å². The first-order chi connectivity index (χ1) is 19.8. The molecule has 2 unspecified atom stereocenters. The molecule has 1 saturated heterocycles. The van der Waals surface area contributed by atoms with Crippen molar-refractivity contribution in [2.45, 2.75) is 69.4 Å². The zero-order valence-corrected chi connectivity index (χ0v) is 25.2. The van der Waals surface area contributed by atoms with Crippen LogP contribution < -0.4 is 20.1 Å². The van der Waals surface area contributed by atoms with E-state index in [-0.39, 0.29) is 22.2 Å². The van der Waals surface area contributed by atoms with Crippen LogP contribution in [0.1, 0.15) is 69.2 Å². The molecule has 4 heterocycles. The Morgan fingerprint density at radius 1 is 1.20 bits per heavy atom. The van der Waals surface area contributed by atoms with Crippen LogP contribution >= 0.6 is 23.5 Å². The molecule has 0 bridgehead atoms. The molecule has 3 aromatic rings. The molecule has 3 aliphatic rings. The molecule has 0 radical (unpaired) electrons. The van der Waals surface area contributed by atoms with Gasteiger partial charge in [-0.25, -0.2) is 14.6 Å². The maximum Gasteiger partial charge on any atom is 0.264 e. The van der Waals surface area contributed by atoms with Crippen LogP contribution in [0, 0.1) is 17.3 Å². The van der Waals surface area contributed by atoms with E-state index in [4.69, 9.17) is 16.3 Å². The minimum absolute atomic E-state index is 0.105. The summed E-state index contributed by atoms with van der Waals surface area (Å²) in [5.41, 5.74) is 1.11. The summed E-state index contributed by atoms with van der Waals surface area (Å²) in [7, 11) is 0. The molecule has 1 aliphatic heterocycles. The van der Waals surface area contributed by atoms with Gasteiger partial charge in [0, 0.05) is 36.3 Å².